The van der Waals surface area contributed by atoms with Crippen molar-refractivity contribution < 1.29 is 14.3 Å². The lowest BCUT2D eigenvalue weighted by molar-refractivity contribution is -0.132. The first-order chi connectivity index (χ1) is 11.1. The predicted molar refractivity (Wildman–Crippen MR) is 90.8 cm³/mol. The van der Waals surface area contributed by atoms with Crippen LogP contribution >= 0.6 is 0 Å². The Morgan fingerprint density at radius 2 is 1.52 bits per heavy atom. The largest absolute Gasteiger partial charge is 0.497 e. The minimum absolute atomic E-state index is 0.0398. The molecule has 122 valence electrons. The molecule has 0 unspecified atom stereocenters. The second kappa shape index (κ2) is 8.22. The number of ether oxygens (including phenoxy) is 2. The van der Waals surface area contributed by atoms with Crippen molar-refractivity contribution >= 4 is 5.91 Å². The number of carbonyl (C=O) groups excluding carboxylic acids is 1. The van der Waals surface area contributed by atoms with Gasteiger partial charge in [0.15, 0.2) is 6.61 Å². The summed E-state index contributed by atoms with van der Waals surface area (Å²) in [7, 11) is 3.41. The number of benzene rings is 2. The van der Waals surface area contributed by atoms with Crippen LogP contribution in [0.25, 0.3) is 0 Å². The van der Waals surface area contributed by atoms with Crippen molar-refractivity contribution in [2.45, 2.75) is 19.9 Å². The molecule has 1 amide bonds. The van der Waals surface area contributed by atoms with Gasteiger partial charge in [0.1, 0.15) is 11.5 Å². The third-order valence-electron chi connectivity index (χ3n) is 3.70. The fourth-order valence-corrected chi connectivity index (χ4v) is 2.17. The standard InChI is InChI=1S/C19H23NO3/c1-4-15-5-11-18(12-6-15)23-14-19(21)20(2)13-16-7-9-17(22-3)10-8-16/h5-12H,4,13-14H2,1-3H3. The zero-order valence-electron chi connectivity index (χ0n) is 13.9. The summed E-state index contributed by atoms with van der Waals surface area (Å²) in [6, 6.07) is 15.5. The SMILES string of the molecule is CCc1ccc(OCC(=O)N(C)Cc2ccc(OC)cc2)cc1. The third-order valence-corrected chi connectivity index (χ3v) is 3.70. The van der Waals surface area contributed by atoms with Gasteiger partial charge >= 0.3 is 0 Å². The van der Waals surface area contributed by atoms with E-state index in [1.165, 1.54) is 5.56 Å². The van der Waals surface area contributed by atoms with E-state index < -0.39 is 0 Å². The summed E-state index contributed by atoms with van der Waals surface area (Å²) in [5.74, 6) is 1.47. The average molecular weight is 313 g/mol. The van der Waals surface area contributed by atoms with Crippen LogP contribution in [-0.2, 0) is 17.8 Å². The van der Waals surface area contributed by atoms with E-state index in [1.54, 1.807) is 19.1 Å². The molecule has 4 heteroatoms. The molecule has 0 fully saturated rings. The van der Waals surface area contributed by atoms with Crippen LogP contribution in [0.3, 0.4) is 0 Å². The monoisotopic (exact) mass is 313 g/mol. The summed E-state index contributed by atoms with van der Waals surface area (Å²) in [5, 5.41) is 0. The second-order valence-corrected chi connectivity index (χ2v) is 5.38. The smallest absolute Gasteiger partial charge is 0.260 e. The topological polar surface area (TPSA) is 38.8 Å². The molecule has 0 heterocycles. The van der Waals surface area contributed by atoms with E-state index in [9.17, 15) is 4.79 Å². The second-order valence-electron chi connectivity index (χ2n) is 5.38. The first kappa shape index (κ1) is 16.9. The fraction of sp³-hybridized carbons (Fsp3) is 0.316. The van der Waals surface area contributed by atoms with Gasteiger partial charge in [-0.25, -0.2) is 0 Å². The van der Waals surface area contributed by atoms with Crippen molar-refractivity contribution in [2.24, 2.45) is 0 Å². The van der Waals surface area contributed by atoms with Crippen LogP contribution in [0.5, 0.6) is 11.5 Å². The molecule has 0 radical (unpaired) electrons. The lowest BCUT2D eigenvalue weighted by Gasteiger charge is -2.18. The van der Waals surface area contributed by atoms with Crippen LogP contribution in [0.2, 0.25) is 0 Å². The minimum atomic E-state index is -0.0552. The molecule has 0 aliphatic carbocycles. The normalized spacial score (nSPS) is 10.2. The Morgan fingerprint density at radius 1 is 0.957 bits per heavy atom. The van der Waals surface area contributed by atoms with Gasteiger partial charge in [-0.1, -0.05) is 31.2 Å². The Bertz CT molecular complexity index is 620. The third kappa shape index (κ3) is 5.02. The maximum Gasteiger partial charge on any atom is 0.260 e. The first-order valence-corrected chi connectivity index (χ1v) is 7.71. The number of hydrogen-bond acceptors (Lipinski definition) is 3. The molecule has 0 N–H and O–H groups in total. The van der Waals surface area contributed by atoms with E-state index in [0.29, 0.717) is 12.3 Å². The average Bonchev–Trinajstić information content (AvgIpc) is 2.60. The van der Waals surface area contributed by atoms with E-state index in [1.807, 2.05) is 48.5 Å². The molecule has 0 saturated carbocycles. The highest BCUT2D eigenvalue weighted by atomic mass is 16.5. The molecule has 2 aromatic rings. The number of hydrogen-bond donors (Lipinski definition) is 0. The zero-order chi connectivity index (χ0) is 16.7. The molecular formula is C19H23NO3. The van der Waals surface area contributed by atoms with Gasteiger partial charge in [-0.15, -0.1) is 0 Å². The molecule has 0 saturated heterocycles. The van der Waals surface area contributed by atoms with Crippen molar-refractivity contribution in [3.8, 4) is 11.5 Å². The van der Waals surface area contributed by atoms with Gasteiger partial charge in [-0.05, 0) is 41.8 Å². The van der Waals surface area contributed by atoms with E-state index in [2.05, 4.69) is 6.92 Å². The molecule has 2 aromatic carbocycles. The number of aryl methyl sites for hydroxylation is 1. The number of nitrogens with zero attached hydrogens (tertiary/aromatic N) is 1. The highest BCUT2D eigenvalue weighted by molar-refractivity contribution is 5.77. The van der Waals surface area contributed by atoms with Crippen LogP contribution in [0.4, 0.5) is 0 Å². The zero-order valence-corrected chi connectivity index (χ0v) is 13.9. The van der Waals surface area contributed by atoms with Crippen LogP contribution < -0.4 is 9.47 Å². The highest BCUT2D eigenvalue weighted by Crippen LogP contribution is 2.14. The summed E-state index contributed by atoms with van der Waals surface area (Å²) in [6.45, 7) is 2.69. The van der Waals surface area contributed by atoms with Crippen molar-refractivity contribution in [3.63, 3.8) is 0 Å². The Balaban J connectivity index is 1.83. The Labute approximate surface area is 137 Å². The van der Waals surface area contributed by atoms with Gasteiger partial charge in [0.2, 0.25) is 0 Å². The number of likely N-dealkylation sites (N-methyl/N-ethyl adjacent to an activating group) is 1. The number of rotatable bonds is 7. The van der Waals surface area contributed by atoms with E-state index in [-0.39, 0.29) is 12.5 Å². The number of amides is 1. The molecule has 2 rings (SSSR count). The summed E-state index contributed by atoms with van der Waals surface area (Å²) in [4.78, 5) is 13.8. The van der Waals surface area contributed by atoms with E-state index in [4.69, 9.17) is 9.47 Å². The van der Waals surface area contributed by atoms with Gasteiger partial charge in [-0.3, -0.25) is 4.79 Å². The maximum atomic E-state index is 12.1. The Morgan fingerprint density at radius 3 is 2.09 bits per heavy atom. The summed E-state index contributed by atoms with van der Waals surface area (Å²) in [6.07, 6.45) is 0.990. The van der Waals surface area contributed by atoms with E-state index in [0.717, 1.165) is 17.7 Å². The van der Waals surface area contributed by atoms with Crippen molar-refractivity contribution in [1.82, 2.24) is 4.90 Å². The Kier molecular flexibility index (Phi) is 6.03. The molecule has 0 bridgehead atoms. The summed E-state index contributed by atoms with van der Waals surface area (Å²) in [5.41, 5.74) is 2.30. The van der Waals surface area contributed by atoms with E-state index >= 15 is 0 Å². The quantitative estimate of drug-likeness (QED) is 0.787. The highest BCUT2D eigenvalue weighted by Gasteiger charge is 2.10. The van der Waals surface area contributed by atoms with Crippen LogP contribution in [-0.4, -0.2) is 31.6 Å². The number of carbonyl (C=O) groups is 1. The van der Waals surface area contributed by atoms with Gasteiger partial charge in [0.25, 0.3) is 5.91 Å². The van der Waals surface area contributed by atoms with Gasteiger partial charge in [0.05, 0.1) is 7.11 Å². The van der Waals surface area contributed by atoms with Gasteiger partial charge in [0, 0.05) is 13.6 Å². The van der Waals surface area contributed by atoms with Crippen LogP contribution in [0.15, 0.2) is 48.5 Å². The molecule has 4 nitrogen and oxygen atoms in total. The summed E-state index contributed by atoms with van der Waals surface area (Å²) < 4.78 is 10.7. The predicted octanol–water partition coefficient (Wildman–Crippen LogP) is 3.30. The maximum absolute atomic E-state index is 12.1. The first-order valence-electron chi connectivity index (χ1n) is 7.71. The van der Waals surface area contributed by atoms with Gasteiger partial charge < -0.3 is 14.4 Å². The fourth-order valence-electron chi connectivity index (χ4n) is 2.17. The summed E-state index contributed by atoms with van der Waals surface area (Å²) >= 11 is 0. The molecule has 0 aliphatic heterocycles. The van der Waals surface area contributed by atoms with Crippen molar-refractivity contribution in [1.29, 1.82) is 0 Å². The van der Waals surface area contributed by atoms with Crippen molar-refractivity contribution in [3.05, 3.63) is 59.7 Å². The number of methoxy groups -OCH3 is 1. The van der Waals surface area contributed by atoms with Crippen LogP contribution in [0, 0.1) is 0 Å². The van der Waals surface area contributed by atoms with Crippen molar-refractivity contribution in [2.75, 3.05) is 20.8 Å². The lowest BCUT2D eigenvalue weighted by atomic mass is 10.2. The Hall–Kier alpha value is -2.49. The molecule has 0 aromatic heterocycles. The molecule has 0 spiro atoms. The molecule has 0 aliphatic rings. The molecule has 0 atom stereocenters. The molecular weight excluding hydrogens is 290 g/mol. The van der Waals surface area contributed by atoms with Gasteiger partial charge in [-0.2, -0.15) is 0 Å². The molecule has 23 heavy (non-hydrogen) atoms. The van der Waals surface area contributed by atoms with Crippen LogP contribution in [0.1, 0.15) is 18.1 Å². The minimum Gasteiger partial charge on any atom is -0.497 e. The lowest BCUT2D eigenvalue weighted by Crippen LogP contribution is -2.30.